The van der Waals surface area contributed by atoms with Crippen molar-refractivity contribution in [2.75, 3.05) is 13.1 Å². The predicted octanol–water partition coefficient (Wildman–Crippen LogP) is 1.51. The molecule has 2 fully saturated rings. The Balaban J connectivity index is 1.57. The van der Waals surface area contributed by atoms with E-state index < -0.39 is 10.0 Å². The molecule has 2 aliphatic rings. The van der Waals surface area contributed by atoms with Gasteiger partial charge in [-0.2, -0.15) is 9.29 Å². The van der Waals surface area contributed by atoms with Gasteiger partial charge in [0, 0.05) is 19.0 Å². The van der Waals surface area contributed by atoms with Gasteiger partial charge < -0.3 is 9.84 Å². The Bertz CT molecular complexity index is 889. The lowest BCUT2D eigenvalue weighted by Crippen LogP contribution is -2.53. The van der Waals surface area contributed by atoms with Crippen molar-refractivity contribution >= 4 is 27.3 Å². The third kappa shape index (κ3) is 3.40. The number of carbonyl (C=O) groups excluding carboxylic acids is 1. The average Bonchev–Trinajstić information content (AvgIpc) is 3.13. The summed E-state index contributed by atoms with van der Waals surface area (Å²) >= 11 is 1.20. The summed E-state index contributed by atoms with van der Waals surface area (Å²) in [6.07, 6.45) is 2.29. The van der Waals surface area contributed by atoms with Crippen LogP contribution in [-0.4, -0.2) is 47.9 Å². The highest BCUT2D eigenvalue weighted by Crippen LogP contribution is 2.33. The zero-order chi connectivity index (χ0) is 18.3. The number of hydrogen-bond acceptors (Lipinski definition) is 7. The second kappa shape index (κ2) is 6.75. The molecule has 1 amide bonds. The molecule has 1 saturated carbocycles. The maximum Gasteiger partial charge on any atom is 0.252 e. The molecule has 1 aliphatic heterocycles. The molecule has 2 atom stereocenters. The molecule has 1 saturated heterocycles. The van der Waals surface area contributed by atoms with E-state index in [9.17, 15) is 13.2 Å². The summed E-state index contributed by atoms with van der Waals surface area (Å²) in [5.41, 5.74) is 0. The summed E-state index contributed by atoms with van der Waals surface area (Å²) in [6.45, 7) is 2.29. The van der Waals surface area contributed by atoms with Gasteiger partial charge in [0.2, 0.25) is 11.8 Å². The minimum absolute atomic E-state index is 0.0217. The number of hydrogen-bond donors (Lipinski definition) is 1. The molecule has 2 aromatic heterocycles. The third-order valence-electron chi connectivity index (χ3n) is 4.80. The number of rotatable bonds is 5. The number of amides is 1. The average molecular weight is 396 g/mol. The molecule has 1 aliphatic carbocycles. The fraction of sp³-hybridized carbons (Fsp3) is 0.562. The van der Waals surface area contributed by atoms with E-state index in [1.165, 1.54) is 15.6 Å². The number of sulfonamides is 1. The SMILES string of the molecule is Cc1noc([C@H]2CCN(S(=O)(=O)c3cccs3)C[C@H]2NC(=O)C2CC2)n1. The molecule has 3 heterocycles. The first-order chi connectivity index (χ1) is 12.4. The first kappa shape index (κ1) is 17.6. The van der Waals surface area contributed by atoms with Gasteiger partial charge in [0.1, 0.15) is 4.21 Å². The molecule has 0 spiro atoms. The minimum atomic E-state index is -3.56. The van der Waals surface area contributed by atoms with Crippen LogP contribution >= 0.6 is 11.3 Å². The smallest absolute Gasteiger partial charge is 0.252 e. The van der Waals surface area contributed by atoms with Crippen molar-refractivity contribution in [1.82, 2.24) is 19.8 Å². The van der Waals surface area contributed by atoms with Gasteiger partial charge in [-0.25, -0.2) is 8.42 Å². The van der Waals surface area contributed by atoms with Crippen LogP contribution in [0.4, 0.5) is 0 Å². The quantitative estimate of drug-likeness (QED) is 0.821. The van der Waals surface area contributed by atoms with E-state index in [1.807, 2.05) is 0 Å². The van der Waals surface area contributed by atoms with Gasteiger partial charge >= 0.3 is 0 Å². The molecule has 4 rings (SSSR count). The number of thiophene rings is 1. The van der Waals surface area contributed by atoms with Crippen molar-refractivity contribution in [3.05, 3.63) is 29.2 Å². The van der Waals surface area contributed by atoms with Gasteiger partial charge in [-0.3, -0.25) is 4.79 Å². The lowest BCUT2D eigenvalue weighted by molar-refractivity contribution is -0.123. The molecule has 26 heavy (non-hydrogen) atoms. The lowest BCUT2D eigenvalue weighted by Gasteiger charge is -2.36. The number of aryl methyl sites for hydroxylation is 1. The first-order valence-electron chi connectivity index (χ1n) is 8.59. The zero-order valence-electron chi connectivity index (χ0n) is 14.3. The monoisotopic (exact) mass is 396 g/mol. The minimum Gasteiger partial charge on any atom is -0.351 e. The van der Waals surface area contributed by atoms with Gasteiger partial charge in [0.15, 0.2) is 5.82 Å². The number of aromatic nitrogens is 2. The summed E-state index contributed by atoms with van der Waals surface area (Å²) in [7, 11) is -3.56. The van der Waals surface area contributed by atoms with Crippen LogP contribution in [0.2, 0.25) is 0 Å². The van der Waals surface area contributed by atoms with Gasteiger partial charge in [-0.1, -0.05) is 11.2 Å². The van der Waals surface area contributed by atoms with E-state index in [0.29, 0.717) is 28.9 Å². The molecule has 140 valence electrons. The van der Waals surface area contributed by atoms with Gasteiger partial charge in [0.25, 0.3) is 10.0 Å². The van der Waals surface area contributed by atoms with Crippen molar-refractivity contribution in [3.63, 3.8) is 0 Å². The summed E-state index contributed by atoms with van der Waals surface area (Å²) < 4.78 is 32.8. The zero-order valence-corrected chi connectivity index (χ0v) is 15.9. The molecule has 10 heteroatoms. The Morgan fingerprint density at radius 1 is 1.38 bits per heavy atom. The second-order valence-corrected chi connectivity index (χ2v) is 9.87. The Hall–Kier alpha value is -1.78. The highest BCUT2D eigenvalue weighted by atomic mass is 32.2. The van der Waals surface area contributed by atoms with Crippen LogP contribution in [0.15, 0.2) is 26.2 Å². The van der Waals surface area contributed by atoms with E-state index in [1.54, 1.807) is 24.4 Å². The van der Waals surface area contributed by atoms with Crippen LogP contribution in [-0.2, 0) is 14.8 Å². The van der Waals surface area contributed by atoms with Crippen molar-refractivity contribution in [2.24, 2.45) is 5.92 Å². The summed E-state index contributed by atoms with van der Waals surface area (Å²) in [5, 5.41) is 8.59. The Morgan fingerprint density at radius 3 is 2.81 bits per heavy atom. The molecule has 2 aromatic rings. The largest absolute Gasteiger partial charge is 0.351 e. The number of nitrogens with one attached hydrogen (secondary N) is 1. The number of nitrogens with zero attached hydrogens (tertiary/aromatic N) is 3. The molecular formula is C16H20N4O4S2. The molecule has 1 N–H and O–H groups in total. The van der Waals surface area contributed by atoms with Crippen LogP contribution in [0.25, 0.3) is 0 Å². The van der Waals surface area contributed by atoms with Crippen molar-refractivity contribution < 1.29 is 17.7 Å². The maximum absolute atomic E-state index is 12.8. The highest BCUT2D eigenvalue weighted by Gasteiger charge is 2.41. The van der Waals surface area contributed by atoms with E-state index in [0.717, 1.165) is 12.8 Å². The van der Waals surface area contributed by atoms with E-state index in [-0.39, 0.29) is 30.3 Å². The number of carbonyl (C=O) groups is 1. The fourth-order valence-electron chi connectivity index (χ4n) is 3.23. The third-order valence-corrected chi connectivity index (χ3v) is 8.04. The fourth-order valence-corrected chi connectivity index (χ4v) is 5.85. The predicted molar refractivity (Wildman–Crippen MR) is 94.1 cm³/mol. The Labute approximate surface area is 155 Å². The van der Waals surface area contributed by atoms with Crippen LogP contribution < -0.4 is 5.32 Å². The van der Waals surface area contributed by atoms with E-state index in [4.69, 9.17) is 4.52 Å². The maximum atomic E-state index is 12.8. The van der Waals surface area contributed by atoms with Crippen LogP contribution in [0.1, 0.15) is 36.9 Å². The summed E-state index contributed by atoms with van der Waals surface area (Å²) in [5.74, 6) is 0.822. The van der Waals surface area contributed by atoms with E-state index >= 15 is 0 Å². The second-order valence-electron chi connectivity index (χ2n) is 6.76. The molecule has 0 bridgehead atoms. The van der Waals surface area contributed by atoms with Gasteiger partial charge in [-0.05, 0) is 37.6 Å². The van der Waals surface area contributed by atoms with Gasteiger partial charge in [0.05, 0.1) is 12.0 Å². The molecule has 0 unspecified atom stereocenters. The first-order valence-corrected chi connectivity index (χ1v) is 10.9. The Kier molecular flexibility index (Phi) is 4.57. The van der Waals surface area contributed by atoms with Crippen LogP contribution in [0.3, 0.4) is 0 Å². The van der Waals surface area contributed by atoms with Crippen LogP contribution in [0.5, 0.6) is 0 Å². The van der Waals surface area contributed by atoms with Crippen LogP contribution in [0, 0.1) is 12.8 Å². The standard InChI is InChI=1S/C16H20N4O4S2/c1-10-17-16(24-19-10)12-6-7-20(26(22,23)14-3-2-8-25-14)9-13(12)18-15(21)11-4-5-11/h2-3,8,11-13H,4-7,9H2,1H3,(H,18,21)/t12-,13+/m0/s1. The summed E-state index contributed by atoms with van der Waals surface area (Å²) in [6, 6.07) is 2.94. The highest BCUT2D eigenvalue weighted by molar-refractivity contribution is 7.91. The topological polar surface area (TPSA) is 105 Å². The van der Waals surface area contributed by atoms with Gasteiger partial charge in [-0.15, -0.1) is 11.3 Å². The number of piperidine rings is 1. The van der Waals surface area contributed by atoms with Crippen molar-refractivity contribution in [2.45, 2.75) is 42.4 Å². The molecule has 8 nitrogen and oxygen atoms in total. The Morgan fingerprint density at radius 2 is 2.19 bits per heavy atom. The lowest BCUT2D eigenvalue weighted by atomic mass is 9.92. The summed E-state index contributed by atoms with van der Waals surface area (Å²) in [4.78, 5) is 16.6. The molecule has 0 radical (unpaired) electrons. The van der Waals surface area contributed by atoms with Crippen molar-refractivity contribution in [3.8, 4) is 0 Å². The normalized spacial score (nSPS) is 24.5. The molecular weight excluding hydrogens is 376 g/mol. The molecule has 0 aromatic carbocycles. The van der Waals surface area contributed by atoms with E-state index in [2.05, 4.69) is 15.5 Å². The van der Waals surface area contributed by atoms with Crippen molar-refractivity contribution in [1.29, 1.82) is 0 Å².